The van der Waals surface area contributed by atoms with Crippen LogP contribution in [-0.4, -0.2) is 48.3 Å². The lowest BCUT2D eigenvalue weighted by Gasteiger charge is -2.40. The minimum absolute atomic E-state index is 0.184. The Hall–Kier alpha value is -0.120. The minimum Gasteiger partial charge on any atom is -0.393 e. The maximum absolute atomic E-state index is 9.82. The third kappa shape index (κ3) is 5.36. The van der Waals surface area contributed by atoms with Crippen molar-refractivity contribution in [3.8, 4) is 0 Å². The maximum atomic E-state index is 9.82. The molecule has 1 rings (SSSR count). The topological polar surface area (TPSA) is 35.5 Å². The van der Waals surface area contributed by atoms with Crippen molar-refractivity contribution >= 4 is 0 Å². The van der Waals surface area contributed by atoms with Gasteiger partial charge in [-0.15, -0.1) is 0 Å². The van der Waals surface area contributed by atoms with Crippen molar-refractivity contribution in [2.75, 3.05) is 26.2 Å². The Morgan fingerprint density at radius 3 is 2.53 bits per heavy atom. The van der Waals surface area contributed by atoms with E-state index >= 15 is 0 Å². The van der Waals surface area contributed by atoms with Crippen LogP contribution in [0.1, 0.15) is 40.5 Å². The van der Waals surface area contributed by atoms with Crippen LogP contribution in [-0.2, 0) is 0 Å². The van der Waals surface area contributed by atoms with E-state index in [9.17, 15) is 5.11 Å². The maximum Gasteiger partial charge on any atom is 0.0553 e. The third-order valence-electron chi connectivity index (χ3n) is 3.55. The van der Waals surface area contributed by atoms with Crippen LogP contribution in [0.25, 0.3) is 0 Å². The van der Waals surface area contributed by atoms with Gasteiger partial charge in [-0.1, -0.05) is 20.8 Å². The molecule has 1 heterocycles. The molecule has 0 aromatic carbocycles. The second-order valence-electron chi connectivity index (χ2n) is 6.00. The molecular weight excluding hydrogens is 212 g/mol. The summed E-state index contributed by atoms with van der Waals surface area (Å²) in [5.41, 5.74) is 0. The number of aliphatic hydroxyl groups excluding tert-OH is 1. The fraction of sp³-hybridized carbons (Fsp3) is 1.00. The zero-order chi connectivity index (χ0) is 12.8. The lowest BCUT2D eigenvalue weighted by atomic mass is 9.89. The number of nitrogens with zero attached hydrogens (tertiary/aromatic N) is 1. The summed E-state index contributed by atoms with van der Waals surface area (Å²) >= 11 is 0. The van der Waals surface area contributed by atoms with Crippen molar-refractivity contribution < 1.29 is 5.11 Å². The summed E-state index contributed by atoms with van der Waals surface area (Å²) in [7, 11) is 0. The van der Waals surface area contributed by atoms with Gasteiger partial charge in [-0.2, -0.15) is 0 Å². The van der Waals surface area contributed by atoms with Gasteiger partial charge in [0.15, 0.2) is 0 Å². The van der Waals surface area contributed by atoms with E-state index < -0.39 is 0 Å². The first-order chi connectivity index (χ1) is 8.02. The molecule has 1 aliphatic heterocycles. The number of hydrogen-bond acceptors (Lipinski definition) is 3. The Kier molecular flexibility index (Phi) is 6.45. The normalized spacial score (nSPS) is 28.6. The molecule has 3 unspecified atom stereocenters. The van der Waals surface area contributed by atoms with Gasteiger partial charge in [0.2, 0.25) is 0 Å². The van der Waals surface area contributed by atoms with Crippen LogP contribution < -0.4 is 5.32 Å². The van der Waals surface area contributed by atoms with Crippen LogP contribution in [0.4, 0.5) is 0 Å². The molecule has 0 amide bonds. The molecule has 0 spiro atoms. The SMILES string of the molecule is CCCNC1CC(C(C)O)CN(CC(C)C)C1. The minimum atomic E-state index is -0.184. The van der Waals surface area contributed by atoms with Gasteiger partial charge < -0.3 is 15.3 Å². The van der Waals surface area contributed by atoms with Crippen LogP contribution in [0.15, 0.2) is 0 Å². The van der Waals surface area contributed by atoms with Crippen LogP contribution in [0.3, 0.4) is 0 Å². The Bertz CT molecular complexity index is 206. The molecule has 0 saturated carbocycles. The predicted molar refractivity (Wildman–Crippen MR) is 73.1 cm³/mol. The number of piperidine rings is 1. The summed E-state index contributed by atoms with van der Waals surface area (Å²) in [6.07, 6.45) is 2.11. The highest BCUT2D eigenvalue weighted by molar-refractivity contribution is 4.85. The number of hydrogen-bond donors (Lipinski definition) is 2. The number of nitrogens with one attached hydrogen (secondary N) is 1. The van der Waals surface area contributed by atoms with Crippen LogP contribution in [0.2, 0.25) is 0 Å². The van der Waals surface area contributed by atoms with E-state index in [0.717, 1.165) is 32.6 Å². The van der Waals surface area contributed by atoms with Crippen molar-refractivity contribution in [2.24, 2.45) is 11.8 Å². The summed E-state index contributed by atoms with van der Waals surface area (Å²) < 4.78 is 0. The zero-order valence-corrected chi connectivity index (χ0v) is 11.9. The van der Waals surface area contributed by atoms with E-state index in [4.69, 9.17) is 0 Å². The molecule has 2 N–H and O–H groups in total. The van der Waals surface area contributed by atoms with Gasteiger partial charge >= 0.3 is 0 Å². The first-order valence-electron chi connectivity index (χ1n) is 7.16. The van der Waals surface area contributed by atoms with Crippen molar-refractivity contribution in [1.29, 1.82) is 0 Å². The van der Waals surface area contributed by atoms with E-state index in [2.05, 4.69) is 31.0 Å². The molecule has 1 saturated heterocycles. The smallest absolute Gasteiger partial charge is 0.0553 e. The third-order valence-corrected chi connectivity index (χ3v) is 3.55. The lowest BCUT2D eigenvalue weighted by molar-refractivity contribution is 0.0436. The predicted octanol–water partition coefficient (Wildman–Crippen LogP) is 1.71. The van der Waals surface area contributed by atoms with Crippen molar-refractivity contribution in [3.05, 3.63) is 0 Å². The van der Waals surface area contributed by atoms with Gasteiger partial charge in [-0.05, 0) is 38.1 Å². The van der Waals surface area contributed by atoms with Gasteiger partial charge in [0.1, 0.15) is 0 Å². The van der Waals surface area contributed by atoms with Gasteiger partial charge in [0, 0.05) is 25.7 Å². The largest absolute Gasteiger partial charge is 0.393 e. The van der Waals surface area contributed by atoms with E-state index in [1.807, 2.05) is 6.92 Å². The van der Waals surface area contributed by atoms with Crippen LogP contribution in [0.5, 0.6) is 0 Å². The molecule has 0 aromatic heterocycles. The molecule has 1 aliphatic rings. The molecule has 0 bridgehead atoms. The molecule has 3 atom stereocenters. The molecule has 102 valence electrons. The zero-order valence-electron chi connectivity index (χ0n) is 11.9. The van der Waals surface area contributed by atoms with Gasteiger partial charge in [-0.3, -0.25) is 0 Å². The lowest BCUT2D eigenvalue weighted by Crippen LogP contribution is -2.52. The van der Waals surface area contributed by atoms with E-state index in [-0.39, 0.29) is 6.10 Å². The van der Waals surface area contributed by atoms with Gasteiger partial charge in [0.05, 0.1) is 6.10 Å². The first-order valence-corrected chi connectivity index (χ1v) is 7.16. The second kappa shape index (κ2) is 7.34. The molecule has 0 radical (unpaired) electrons. The fourth-order valence-corrected chi connectivity index (χ4v) is 2.74. The van der Waals surface area contributed by atoms with Gasteiger partial charge in [-0.25, -0.2) is 0 Å². The highest BCUT2D eigenvalue weighted by Crippen LogP contribution is 2.21. The summed E-state index contributed by atoms with van der Waals surface area (Å²) in [5.74, 6) is 1.13. The van der Waals surface area contributed by atoms with Crippen LogP contribution in [0, 0.1) is 11.8 Å². The second-order valence-corrected chi connectivity index (χ2v) is 6.00. The van der Waals surface area contributed by atoms with E-state index in [1.165, 1.54) is 6.42 Å². The Labute approximate surface area is 107 Å². The summed E-state index contributed by atoms with van der Waals surface area (Å²) in [4.78, 5) is 2.51. The Morgan fingerprint density at radius 1 is 1.29 bits per heavy atom. The van der Waals surface area contributed by atoms with Crippen molar-refractivity contribution in [1.82, 2.24) is 10.2 Å². The highest BCUT2D eigenvalue weighted by Gasteiger charge is 2.29. The molecular formula is C14H30N2O. The monoisotopic (exact) mass is 242 g/mol. The summed E-state index contributed by atoms with van der Waals surface area (Å²) in [6, 6.07) is 0.557. The Morgan fingerprint density at radius 2 is 2.00 bits per heavy atom. The molecule has 0 aromatic rings. The molecule has 1 fully saturated rings. The summed E-state index contributed by atoms with van der Waals surface area (Å²) in [6.45, 7) is 13.1. The molecule has 0 aliphatic carbocycles. The van der Waals surface area contributed by atoms with E-state index in [0.29, 0.717) is 17.9 Å². The van der Waals surface area contributed by atoms with Crippen molar-refractivity contribution in [2.45, 2.75) is 52.7 Å². The van der Waals surface area contributed by atoms with Gasteiger partial charge in [0.25, 0.3) is 0 Å². The van der Waals surface area contributed by atoms with Crippen molar-refractivity contribution in [3.63, 3.8) is 0 Å². The molecule has 3 nitrogen and oxygen atoms in total. The summed E-state index contributed by atoms with van der Waals surface area (Å²) in [5, 5.41) is 13.4. The standard InChI is InChI=1S/C14H30N2O/c1-5-6-15-14-7-13(12(4)17)9-16(10-14)8-11(2)3/h11-15,17H,5-10H2,1-4H3. The van der Waals surface area contributed by atoms with Crippen LogP contribution >= 0.6 is 0 Å². The quantitative estimate of drug-likeness (QED) is 0.744. The molecule has 17 heavy (non-hydrogen) atoms. The Balaban J connectivity index is 2.49. The fourth-order valence-electron chi connectivity index (χ4n) is 2.74. The number of aliphatic hydroxyl groups is 1. The van der Waals surface area contributed by atoms with E-state index in [1.54, 1.807) is 0 Å². The number of likely N-dealkylation sites (tertiary alicyclic amines) is 1. The first kappa shape index (κ1) is 14.9. The number of rotatable bonds is 6. The average Bonchev–Trinajstić information content (AvgIpc) is 2.25. The highest BCUT2D eigenvalue weighted by atomic mass is 16.3. The average molecular weight is 242 g/mol. The molecule has 3 heteroatoms.